The highest BCUT2D eigenvalue weighted by Gasteiger charge is 2.46. The molecule has 34 heavy (non-hydrogen) atoms. The zero-order valence-electron chi connectivity index (χ0n) is 19.4. The number of aryl methyl sites for hydroxylation is 1. The molecular formula is C24H26N6O3S. The van der Waals surface area contributed by atoms with Gasteiger partial charge >= 0.3 is 0 Å². The second-order valence-electron chi connectivity index (χ2n) is 8.37. The highest BCUT2D eigenvalue weighted by molar-refractivity contribution is 7.98. The smallest absolute Gasteiger partial charge is 0.263 e. The van der Waals surface area contributed by atoms with E-state index in [1.807, 2.05) is 0 Å². The summed E-state index contributed by atoms with van der Waals surface area (Å²) in [7, 11) is 3.66. The van der Waals surface area contributed by atoms with Crippen molar-refractivity contribution in [2.45, 2.75) is 31.1 Å². The first-order valence-electron chi connectivity index (χ1n) is 11.0. The second kappa shape index (κ2) is 9.83. The minimum Gasteiger partial charge on any atom is -0.474 e. The summed E-state index contributed by atoms with van der Waals surface area (Å²) in [5.41, 5.74) is 1.45. The van der Waals surface area contributed by atoms with Gasteiger partial charge in [-0.15, -0.1) is 5.10 Å². The van der Waals surface area contributed by atoms with Gasteiger partial charge in [0.15, 0.2) is 0 Å². The molecule has 0 unspecified atom stereocenters. The predicted molar refractivity (Wildman–Crippen MR) is 130 cm³/mol. The molecule has 0 atom stereocenters. The van der Waals surface area contributed by atoms with Crippen molar-refractivity contribution in [3.05, 3.63) is 63.6 Å². The number of nitriles is 1. The van der Waals surface area contributed by atoms with Gasteiger partial charge in [-0.25, -0.2) is 0 Å². The van der Waals surface area contributed by atoms with Crippen LogP contribution in [0.4, 0.5) is 0 Å². The predicted octanol–water partition coefficient (Wildman–Crippen LogP) is 2.64. The number of nitrogens with one attached hydrogen (secondary N) is 1. The molecular weight excluding hydrogens is 452 g/mol. The van der Waals surface area contributed by atoms with E-state index in [-0.39, 0.29) is 22.7 Å². The number of carbonyl (C=O) groups is 1. The molecule has 2 heterocycles. The van der Waals surface area contributed by atoms with Crippen LogP contribution in [0, 0.1) is 11.3 Å². The fraction of sp³-hybridized carbons (Fsp3) is 0.375. The first-order valence-corrected chi connectivity index (χ1v) is 11.8. The fourth-order valence-electron chi connectivity index (χ4n) is 3.55. The molecule has 0 saturated heterocycles. The SMILES string of the molecule is CCN(C)SC1(COc2nncc3cc(C(=O)NCc4ccc(C#N)cc4)c(=O)n(C)c23)CC1. The van der Waals surface area contributed by atoms with Crippen LogP contribution in [-0.2, 0) is 13.6 Å². The second-order valence-corrected chi connectivity index (χ2v) is 10.0. The first-order chi connectivity index (χ1) is 16.4. The minimum absolute atomic E-state index is 0.0152. The van der Waals surface area contributed by atoms with Crippen LogP contribution in [0.2, 0.25) is 0 Å². The van der Waals surface area contributed by atoms with Crippen molar-refractivity contribution in [2.24, 2.45) is 7.05 Å². The minimum atomic E-state index is -0.484. The Kier molecular flexibility index (Phi) is 6.86. The Labute approximate surface area is 201 Å². The van der Waals surface area contributed by atoms with Gasteiger partial charge in [-0.2, -0.15) is 10.4 Å². The summed E-state index contributed by atoms with van der Waals surface area (Å²) in [5, 5.41) is 20.4. The number of hydrogen-bond acceptors (Lipinski definition) is 8. The lowest BCUT2D eigenvalue weighted by molar-refractivity contribution is 0.0949. The zero-order valence-corrected chi connectivity index (χ0v) is 20.2. The molecule has 1 saturated carbocycles. The van der Waals surface area contributed by atoms with Crippen molar-refractivity contribution in [1.82, 2.24) is 24.4 Å². The lowest BCUT2D eigenvalue weighted by Crippen LogP contribution is -2.32. The van der Waals surface area contributed by atoms with Gasteiger partial charge in [0.1, 0.15) is 17.7 Å². The van der Waals surface area contributed by atoms with Crippen LogP contribution in [0.1, 0.15) is 41.3 Å². The van der Waals surface area contributed by atoms with Crippen LogP contribution in [0.25, 0.3) is 10.9 Å². The van der Waals surface area contributed by atoms with E-state index >= 15 is 0 Å². The van der Waals surface area contributed by atoms with Gasteiger partial charge < -0.3 is 14.6 Å². The van der Waals surface area contributed by atoms with Crippen molar-refractivity contribution in [1.29, 1.82) is 5.26 Å². The van der Waals surface area contributed by atoms with Gasteiger partial charge in [-0.1, -0.05) is 31.0 Å². The Hall–Kier alpha value is -3.42. The molecule has 1 aliphatic rings. The third kappa shape index (κ3) is 5.05. The summed E-state index contributed by atoms with van der Waals surface area (Å²) in [6, 6.07) is 10.5. The van der Waals surface area contributed by atoms with Crippen LogP contribution in [0.5, 0.6) is 5.88 Å². The molecule has 0 spiro atoms. The van der Waals surface area contributed by atoms with Crippen molar-refractivity contribution in [3.63, 3.8) is 0 Å². The number of ether oxygens (including phenoxy) is 1. The molecule has 0 radical (unpaired) electrons. The number of aromatic nitrogens is 3. The Bertz CT molecular complexity index is 1310. The van der Waals surface area contributed by atoms with Gasteiger partial charge in [-0.3, -0.25) is 13.9 Å². The van der Waals surface area contributed by atoms with Gasteiger partial charge in [0, 0.05) is 25.5 Å². The lowest BCUT2D eigenvalue weighted by atomic mass is 10.1. The van der Waals surface area contributed by atoms with Crippen molar-refractivity contribution in [2.75, 3.05) is 20.2 Å². The number of fused-ring (bicyclic) bond motifs is 1. The first kappa shape index (κ1) is 23.7. The van der Waals surface area contributed by atoms with E-state index in [0.29, 0.717) is 23.1 Å². The normalized spacial score (nSPS) is 14.1. The summed E-state index contributed by atoms with van der Waals surface area (Å²) in [6.07, 6.45) is 3.64. The molecule has 1 fully saturated rings. The molecule has 4 rings (SSSR count). The zero-order chi connectivity index (χ0) is 24.3. The summed E-state index contributed by atoms with van der Waals surface area (Å²) >= 11 is 1.78. The number of amides is 1. The van der Waals surface area contributed by atoms with Gasteiger partial charge in [0.25, 0.3) is 17.3 Å². The Balaban J connectivity index is 1.53. The average molecular weight is 479 g/mol. The molecule has 1 aliphatic carbocycles. The number of nitrogens with zero attached hydrogens (tertiary/aromatic N) is 5. The molecule has 1 aromatic carbocycles. The number of benzene rings is 1. The quantitative estimate of drug-likeness (QED) is 0.467. The molecule has 2 aromatic heterocycles. The molecule has 10 heteroatoms. The third-order valence-corrected chi connectivity index (χ3v) is 7.33. The van der Waals surface area contributed by atoms with Gasteiger partial charge in [0.05, 0.1) is 22.6 Å². The van der Waals surface area contributed by atoms with Crippen LogP contribution >= 0.6 is 11.9 Å². The topological polar surface area (TPSA) is 113 Å². The number of carbonyl (C=O) groups excluding carboxylic acids is 1. The Morgan fingerprint density at radius 1 is 1.35 bits per heavy atom. The van der Waals surface area contributed by atoms with E-state index in [2.05, 4.69) is 39.9 Å². The molecule has 3 aromatic rings. The van der Waals surface area contributed by atoms with Crippen molar-refractivity contribution in [3.8, 4) is 11.9 Å². The average Bonchev–Trinajstić information content (AvgIpc) is 3.62. The van der Waals surface area contributed by atoms with E-state index in [0.717, 1.165) is 24.9 Å². The maximum absolute atomic E-state index is 13.0. The highest BCUT2D eigenvalue weighted by atomic mass is 32.2. The van der Waals surface area contributed by atoms with Crippen LogP contribution in [0.3, 0.4) is 0 Å². The van der Waals surface area contributed by atoms with Crippen molar-refractivity contribution < 1.29 is 9.53 Å². The van der Waals surface area contributed by atoms with E-state index in [4.69, 9.17) is 10.00 Å². The fourth-order valence-corrected chi connectivity index (χ4v) is 4.74. The largest absolute Gasteiger partial charge is 0.474 e. The standard InChI is InChI=1S/C24H26N6O3S/c1-4-29(2)34-24(9-10-24)15-33-22-20-18(14-27-28-22)11-19(23(32)30(20)3)21(31)26-13-17-7-5-16(12-25)6-8-17/h5-8,11,14H,4,9-10,13,15H2,1-3H3,(H,26,31). The third-order valence-electron chi connectivity index (χ3n) is 5.85. The molecule has 0 bridgehead atoms. The van der Waals surface area contributed by atoms with Crippen LogP contribution < -0.4 is 15.6 Å². The van der Waals surface area contributed by atoms with Gasteiger partial charge in [0.2, 0.25) is 0 Å². The number of hydrogen-bond donors (Lipinski definition) is 1. The highest BCUT2D eigenvalue weighted by Crippen LogP contribution is 2.49. The molecule has 0 aliphatic heterocycles. The molecule has 1 amide bonds. The lowest BCUT2D eigenvalue weighted by Gasteiger charge is -2.21. The van der Waals surface area contributed by atoms with E-state index in [9.17, 15) is 9.59 Å². The summed E-state index contributed by atoms with van der Waals surface area (Å²) in [4.78, 5) is 25.8. The number of rotatable bonds is 9. The molecule has 1 N–H and O–H groups in total. The van der Waals surface area contributed by atoms with Crippen LogP contribution in [0.15, 0.2) is 41.3 Å². The van der Waals surface area contributed by atoms with E-state index < -0.39 is 11.5 Å². The monoisotopic (exact) mass is 478 g/mol. The van der Waals surface area contributed by atoms with Crippen molar-refractivity contribution >= 4 is 28.8 Å². The van der Waals surface area contributed by atoms with Crippen LogP contribution in [-0.4, -0.2) is 49.9 Å². The Morgan fingerprint density at radius 2 is 2.09 bits per heavy atom. The Morgan fingerprint density at radius 3 is 2.74 bits per heavy atom. The molecule has 176 valence electrons. The number of pyridine rings is 1. The maximum atomic E-state index is 13.0. The van der Waals surface area contributed by atoms with E-state index in [1.54, 1.807) is 43.3 Å². The summed E-state index contributed by atoms with van der Waals surface area (Å²) in [5.74, 6) is -0.199. The van der Waals surface area contributed by atoms with Gasteiger partial charge in [-0.05, 0) is 43.7 Å². The summed E-state index contributed by atoms with van der Waals surface area (Å²) < 4.78 is 9.65. The summed E-state index contributed by atoms with van der Waals surface area (Å²) in [6.45, 7) is 3.75. The van der Waals surface area contributed by atoms with E-state index in [1.165, 1.54) is 16.8 Å². The molecule has 9 nitrogen and oxygen atoms in total. The maximum Gasteiger partial charge on any atom is 0.263 e.